The van der Waals surface area contributed by atoms with Gasteiger partial charge in [0, 0.05) is 49.7 Å². The maximum Gasteiger partial charge on any atom is 0.257 e. The largest absolute Gasteiger partial charge is 0.339 e. The summed E-state index contributed by atoms with van der Waals surface area (Å²) in [5, 5.41) is 3.61. The molecule has 1 aromatic carbocycles. The van der Waals surface area contributed by atoms with Crippen LogP contribution >= 0.6 is 11.3 Å². The molecule has 40 heavy (non-hydrogen) atoms. The summed E-state index contributed by atoms with van der Waals surface area (Å²) in [5.74, 6) is -0.369. The number of fused-ring (bicyclic) bond motifs is 1. The van der Waals surface area contributed by atoms with Crippen LogP contribution in [0.4, 0.5) is 5.00 Å². The summed E-state index contributed by atoms with van der Waals surface area (Å²) in [7, 11) is -3.63. The lowest BCUT2D eigenvalue weighted by molar-refractivity contribution is 0.0755. The minimum atomic E-state index is -3.63. The second kappa shape index (κ2) is 15.1. The normalized spacial score (nSPS) is 13.8. The van der Waals surface area contributed by atoms with E-state index in [9.17, 15) is 18.0 Å². The van der Waals surface area contributed by atoms with Gasteiger partial charge in [-0.05, 0) is 68.5 Å². The molecule has 1 aliphatic rings. The van der Waals surface area contributed by atoms with Gasteiger partial charge in [-0.15, -0.1) is 11.3 Å². The molecule has 0 saturated heterocycles. The molecule has 0 unspecified atom stereocenters. The number of thiophene rings is 1. The van der Waals surface area contributed by atoms with E-state index in [1.807, 2.05) is 18.7 Å². The molecular formula is C30H46N4O4S2. The zero-order chi connectivity index (χ0) is 29.3. The summed E-state index contributed by atoms with van der Waals surface area (Å²) < 4.78 is 27.7. The quantitative estimate of drug-likeness (QED) is 0.281. The van der Waals surface area contributed by atoms with E-state index in [-0.39, 0.29) is 16.7 Å². The van der Waals surface area contributed by atoms with Gasteiger partial charge in [0.15, 0.2) is 0 Å². The summed E-state index contributed by atoms with van der Waals surface area (Å²) in [6.07, 6.45) is 5.29. The maximum absolute atomic E-state index is 13.8. The molecule has 0 spiro atoms. The molecule has 0 saturated carbocycles. The molecule has 0 bridgehead atoms. The molecular weight excluding hydrogens is 544 g/mol. The van der Waals surface area contributed by atoms with Crippen LogP contribution in [0.1, 0.15) is 97.9 Å². The summed E-state index contributed by atoms with van der Waals surface area (Å²) >= 11 is 1.49. The topological polar surface area (TPSA) is 90.0 Å². The summed E-state index contributed by atoms with van der Waals surface area (Å²) in [5.41, 5.74) is 2.04. The van der Waals surface area contributed by atoms with Gasteiger partial charge in [0.25, 0.3) is 11.8 Å². The van der Waals surface area contributed by atoms with Crippen LogP contribution in [0.25, 0.3) is 0 Å². The van der Waals surface area contributed by atoms with Crippen LogP contribution in [-0.2, 0) is 23.0 Å². The second-order valence-electron chi connectivity index (χ2n) is 10.4. The number of amides is 2. The van der Waals surface area contributed by atoms with Gasteiger partial charge in [-0.25, -0.2) is 8.42 Å². The van der Waals surface area contributed by atoms with Crippen molar-refractivity contribution in [3.8, 4) is 0 Å². The monoisotopic (exact) mass is 590 g/mol. The first-order chi connectivity index (χ1) is 19.2. The molecule has 10 heteroatoms. The van der Waals surface area contributed by atoms with Crippen LogP contribution in [0.2, 0.25) is 0 Å². The van der Waals surface area contributed by atoms with Gasteiger partial charge < -0.3 is 10.2 Å². The highest BCUT2D eigenvalue weighted by molar-refractivity contribution is 7.89. The first-order valence-corrected chi connectivity index (χ1v) is 17.0. The summed E-state index contributed by atoms with van der Waals surface area (Å²) in [6, 6.07) is 6.09. The number of unbranched alkanes of at least 4 members (excludes halogenated alkanes) is 1. The van der Waals surface area contributed by atoms with Crippen molar-refractivity contribution in [3.63, 3.8) is 0 Å². The van der Waals surface area contributed by atoms with Gasteiger partial charge in [0.05, 0.1) is 10.5 Å². The Morgan fingerprint density at radius 3 is 2.20 bits per heavy atom. The predicted octanol–water partition coefficient (Wildman–Crippen LogP) is 5.84. The molecule has 0 aliphatic carbocycles. The molecule has 222 valence electrons. The third kappa shape index (κ3) is 7.51. The molecule has 0 atom stereocenters. The minimum Gasteiger partial charge on any atom is -0.339 e. The number of sulfonamides is 1. The molecule has 1 aromatic heterocycles. The smallest absolute Gasteiger partial charge is 0.257 e. The SMILES string of the molecule is CCCCN(CC)S(=O)(=O)c1ccc(C(=O)Nc2sc3c(c2C(=O)N(CCC)CCC)CCN(CCC)C3)cc1. The zero-order valence-corrected chi connectivity index (χ0v) is 26.4. The Bertz CT molecular complexity index is 1240. The Hall–Kier alpha value is -2.27. The fraction of sp³-hybridized carbons (Fsp3) is 0.600. The van der Waals surface area contributed by atoms with Crippen LogP contribution < -0.4 is 5.32 Å². The van der Waals surface area contributed by atoms with Crippen molar-refractivity contribution in [2.24, 2.45) is 0 Å². The molecule has 2 aromatic rings. The molecule has 8 nitrogen and oxygen atoms in total. The summed E-state index contributed by atoms with van der Waals surface area (Å²) in [4.78, 5) is 32.8. The van der Waals surface area contributed by atoms with Crippen molar-refractivity contribution in [3.05, 3.63) is 45.8 Å². The fourth-order valence-corrected chi connectivity index (χ4v) is 7.94. The molecule has 2 heterocycles. The zero-order valence-electron chi connectivity index (χ0n) is 24.8. The second-order valence-corrected chi connectivity index (χ2v) is 13.4. The third-order valence-electron chi connectivity index (χ3n) is 7.26. The van der Waals surface area contributed by atoms with E-state index in [2.05, 4.69) is 31.0 Å². The lowest BCUT2D eigenvalue weighted by Crippen LogP contribution is -2.35. The Morgan fingerprint density at radius 1 is 0.950 bits per heavy atom. The van der Waals surface area contributed by atoms with Gasteiger partial charge in [0.2, 0.25) is 10.0 Å². The highest BCUT2D eigenvalue weighted by Gasteiger charge is 2.31. The fourth-order valence-electron chi connectivity index (χ4n) is 5.18. The van der Waals surface area contributed by atoms with Crippen molar-refractivity contribution in [1.29, 1.82) is 0 Å². The van der Waals surface area contributed by atoms with E-state index in [1.165, 1.54) is 27.8 Å². The third-order valence-corrected chi connectivity index (χ3v) is 10.4. The van der Waals surface area contributed by atoms with Gasteiger partial charge in [-0.1, -0.05) is 41.0 Å². The van der Waals surface area contributed by atoms with E-state index in [1.54, 1.807) is 12.1 Å². The molecule has 2 amide bonds. The predicted molar refractivity (Wildman–Crippen MR) is 164 cm³/mol. The van der Waals surface area contributed by atoms with E-state index >= 15 is 0 Å². The number of nitrogens with one attached hydrogen (secondary N) is 1. The average molecular weight is 591 g/mol. The summed E-state index contributed by atoms with van der Waals surface area (Å²) in [6.45, 7) is 15.1. The van der Waals surface area contributed by atoms with Crippen LogP contribution in [0, 0.1) is 0 Å². The molecule has 0 radical (unpaired) electrons. The number of carbonyl (C=O) groups excluding carboxylic acids is 2. The molecule has 3 rings (SSSR count). The first kappa shape index (κ1) is 32.2. The Morgan fingerprint density at radius 2 is 1.62 bits per heavy atom. The number of nitrogens with zero attached hydrogens (tertiary/aromatic N) is 3. The standard InChI is InChI=1S/C30H46N4O4S2/c1-6-11-20-34(10-5)40(37,38)24-14-12-23(13-15-24)28(35)31-29-27(30(36)33(18-8-3)19-9-4)25-16-21-32(17-7-2)22-26(25)39-29/h12-15H,6-11,16-22H2,1-5H3,(H,31,35). The van der Waals surface area contributed by atoms with Crippen LogP contribution in [0.15, 0.2) is 29.2 Å². The first-order valence-electron chi connectivity index (χ1n) is 14.8. The minimum absolute atomic E-state index is 0.0198. The van der Waals surface area contributed by atoms with Gasteiger partial charge >= 0.3 is 0 Å². The number of hydrogen-bond donors (Lipinski definition) is 1. The lowest BCUT2D eigenvalue weighted by Gasteiger charge is -2.27. The van der Waals surface area contributed by atoms with Crippen molar-refractivity contribution < 1.29 is 18.0 Å². The van der Waals surface area contributed by atoms with Crippen LogP contribution in [-0.4, -0.2) is 73.6 Å². The number of carbonyl (C=O) groups is 2. The van der Waals surface area contributed by atoms with Gasteiger partial charge in [0.1, 0.15) is 5.00 Å². The molecule has 1 aliphatic heterocycles. The lowest BCUT2D eigenvalue weighted by atomic mass is 10.0. The molecule has 0 fully saturated rings. The number of benzene rings is 1. The van der Waals surface area contributed by atoms with E-state index in [0.29, 0.717) is 42.3 Å². The number of anilines is 1. The Balaban J connectivity index is 1.90. The highest BCUT2D eigenvalue weighted by atomic mass is 32.2. The van der Waals surface area contributed by atoms with E-state index in [0.717, 1.165) is 68.6 Å². The highest BCUT2D eigenvalue weighted by Crippen LogP contribution is 2.38. The molecule has 1 N–H and O–H groups in total. The van der Waals surface area contributed by atoms with Crippen LogP contribution in [0.3, 0.4) is 0 Å². The van der Waals surface area contributed by atoms with Crippen molar-refractivity contribution >= 4 is 38.2 Å². The maximum atomic E-state index is 13.8. The average Bonchev–Trinajstić information content (AvgIpc) is 3.30. The number of rotatable bonds is 15. The Labute approximate surface area is 244 Å². The van der Waals surface area contributed by atoms with E-state index < -0.39 is 10.0 Å². The van der Waals surface area contributed by atoms with Crippen molar-refractivity contribution in [2.75, 3.05) is 44.6 Å². The van der Waals surface area contributed by atoms with Crippen molar-refractivity contribution in [1.82, 2.24) is 14.1 Å². The van der Waals surface area contributed by atoms with Gasteiger partial charge in [-0.2, -0.15) is 4.31 Å². The van der Waals surface area contributed by atoms with Crippen molar-refractivity contribution in [2.45, 2.75) is 84.6 Å². The van der Waals surface area contributed by atoms with Gasteiger partial charge in [-0.3, -0.25) is 14.5 Å². The van der Waals surface area contributed by atoms with Crippen LogP contribution in [0.5, 0.6) is 0 Å². The Kier molecular flexibility index (Phi) is 12.2. The number of hydrogen-bond acceptors (Lipinski definition) is 6. The van der Waals surface area contributed by atoms with E-state index in [4.69, 9.17) is 0 Å².